The highest BCUT2D eigenvalue weighted by atomic mass is 19.1. The minimum absolute atomic E-state index is 0.142. The predicted molar refractivity (Wildman–Crippen MR) is 77.4 cm³/mol. The molecule has 2 N–H and O–H groups in total. The molecule has 1 saturated heterocycles. The van der Waals surface area contributed by atoms with Crippen LogP contribution < -0.4 is 0 Å². The summed E-state index contributed by atoms with van der Waals surface area (Å²) < 4.78 is 13.0. The molecule has 22 heavy (non-hydrogen) atoms. The van der Waals surface area contributed by atoms with Crippen LogP contribution in [0, 0.1) is 23.6 Å². The second-order valence-electron chi connectivity index (χ2n) is 6.16. The number of nitrogens with one attached hydrogen (secondary N) is 1. The van der Waals surface area contributed by atoms with Gasteiger partial charge in [0, 0.05) is 30.8 Å². The van der Waals surface area contributed by atoms with Gasteiger partial charge >= 0.3 is 5.97 Å². The smallest absolute Gasteiger partial charge is 0.307 e. The van der Waals surface area contributed by atoms with Crippen molar-refractivity contribution in [3.05, 3.63) is 41.8 Å². The van der Waals surface area contributed by atoms with Gasteiger partial charge in [-0.2, -0.15) is 5.10 Å². The molecule has 1 aromatic heterocycles. The minimum Gasteiger partial charge on any atom is -0.481 e. The van der Waals surface area contributed by atoms with Crippen molar-refractivity contribution in [1.82, 2.24) is 15.1 Å². The molecule has 1 aliphatic carbocycles. The molecule has 0 amide bonds. The van der Waals surface area contributed by atoms with Crippen molar-refractivity contribution in [2.45, 2.75) is 6.54 Å². The zero-order valence-corrected chi connectivity index (χ0v) is 11.9. The first-order valence-corrected chi connectivity index (χ1v) is 7.37. The highest BCUT2D eigenvalue weighted by Gasteiger charge is 2.59. The zero-order valence-electron chi connectivity index (χ0n) is 11.9. The summed E-state index contributed by atoms with van der Waals surface area (Å²) in [7, 11) is 0. The molecule has 0 spiro atoms. The summed E-state index contributed by atoms with van der Waals surface area (Å²) >= 11 is 0. The van der Waals surface area contributed by atoms with E-state index in [1.54, 1.807) is 18.3 Å². The number of fused-ring (bicyclic) bond motifs is 1. The van der Waals surface area contributed by atoms with E-state index >= 15 is 0 Å². The number of aromatic nitrogens is 2. The van der Waals surface area contributed by atoms with Crippen molar-refractivity contribution in [3.8, 4) is 11.3 Å². The minimum atomic E-state index is -0.662. The van der Waals surface area contributed by atoms with Gasteiger partial charge in [0.15, 0.2) is 0 Å². The normalized spacial score (nSPS) is 26.9. The monoisotopic (exact) mass is 301 g/mol. The SMILES string of the molecule is O=C(O)C1[C@H]2CN(Cc3cn[nH]c3-c3ccc(F)cc3)C[C@@H]12. The number of carboxylic acid groups (broad SMARTS) is 1. The van der Waals surface area contributed by atoms with E-state index in [0.717, 1.165) is 36.5 Å². The number of hydrogen-bond acceptors (Lipinski definition) is 3. The maximum Gasteiger partial charge on any atom is 0.307 e. The molecule has 1 aromatic carbocycles. The zero-order chi connectivity index (χ0) is 15.3. The number of benzene rings is 1. The fourth-order valence-corrected chi connectivity index (χ4v) is 3.65. The fraction of sp³-hybridized carbons (Fsp3) is 0.375. The van der Waals surface area contributed by atoms with Crippen LogP contribution >= 0.6 is 0 Å². The number of aromatic amines is 1. The highest BCUT2D eigenvalue weighted by Crippen LogP contribution is 2.52. The lowest BCUT2D eigenvalue weighted by atomic mass is 10.1. The predicted octanol–water partition coefficient (Wildman–Crippen LogP) is 1.98. The first-order chi connectivity index (χ1) is 10.6. The Morgan fingerprint density at radius 1 is 1.32 bits per heavy atom. The Kier molecular flexibility index (Phi) is 3.00. The van der Waals surface area contributed by atoms with Gasteiger partial charge in [-0.15, -0.1) is 0 Å². The van der Waals surface area contributed by atoms with Crippen LogP contribution in [0.2, 0.25) is 0 Å². The molecule has 0 radical (unpaired) electrons. The number of hydrogen-bond donors (Lipinski definition) is 2. The van der Waals surface area contributed by atoms with Gasteiger partial charge in [-0.1, -0.05) is 0 Å². The number of aliphatic carboxylic acids is 1. The number of carboxylic acids is 1. The third-order valence-electron chi connectivity index (χ3n) is 4.80. The Hall–Kier alpha value is -2.21. The summed E-state index contributed by atoms with van der Waals surface area (Å²) in [6.45, 7) is 2.40. The molecule has 1 aliphatic heterocycles. The standard InChI is InChI=1S/C16H16FN3O2/c17-11-3-1-9(2-4-11)15-10(5-18-19-15)6-20-7-12-13(8-20)14(12)16(21)22/h1-5,12-14H,6-8H2,(H,18,19)(H,21,22)/t12-,13+,14?. The van der Waals surface area contributed by atoms with Gasteiger partial charge in [-0.25, -0.2) is 4.39 Å². The number of carbonyl (C=O) groups is 1. The number of H-pyrrole nitrogens is 1. The Bertz CT molecular complexity index is 700. The number of rotatable bonds is 4. The number of piperidine rings is 1. The molecule has 2 fully saturated rings. The molecule has 6 heteroatoms. The summed E-state index contributed by atoms with van der Waals surface area (Å²) in [6, 6.07) is 6.33. The Balaban J connectivity index is 1.46. The summed E-state index contributed by atoms with van der Waals surface area (Å²) in [5, 5.41) is 16.1. The summed E-state index contributed by atoms with van der Waals surface area (Å²) in [5.41, 5.74) is 2.86. The second-order valence-corrected chi connectivity index (χ2v) is 6.16. The topological polar surface area (TPSA) is 69.2 Å². The first-order valence-electron chi connectivity index (χ1n) is 7.37. The van der Waals surface area contributed by atoms with Crippen LogP contribution in [0.3, 0.4) is 0 Å². The van der Waals surface area contributed by atoms with E-state index < -0.39 is 5.97 Å². The lowest BCUT2D eigenvalue weighted by molar-refractivity contribution is -0.139. The molecular weight excluding hydrogens is 285 g/mol. The van der Waals surface area contributed by atoms with E-state index in [2.05, 4.69) is 15.1 Å². The molecule has 3 atom stereocenters. The molecule has 0 bridgehead atoms. The Morgan fingerprint density at radius 3 is 2.64 bits per heavy atom. The van der Waals surface area contributed by atoms with Crippen molar-refractivity contribution in [2.24, 2.45) is 17.8 Å². The van der Waals surface area contributed by atoms with Crippen LogP contribution in [0.4, 0.5) is 4.39 Å². The average molecular weight is 301 g/mol. The van der Waals surface area contributed by atoms with E-state index in [1.165, 1.54) is 12.1 Å². The number of halogens is 1. The maximum atomic E-state index is 13.0. The maximum absolute atomic E-state index is 13.0. The van der Waals surface area contributed by atoms with Crippen LogP contribution in [-0.2, 0) is 11.3 Å². The third-order valence-corrected chi connectivity index (χ3v) is 4.80. The Morgan fingerprint density at radius 2 is 2.00 bits per heavy atom. The number of likely N-dealkylation sites (tertiary alicyclic amines) is 1. The molecule has 5 nitrogen and oxygen atoms in total. The van der Waals surface area contributed by atoms with Gasteiger partial charge in [-0.05, 0) is 36.1 Å². The molecule has 4 rings (SSSR count). The van der Waals surface area contributed by atoms with Crippen LogP contribution in [0.5, 0.6) is 0 Å². The molecule has 1 unspecified atom stereocenters. The second kappa shape index (κ2) is 4.91. The number of nitrogens with zero attached hydrogens (tertiary/aromatic N) is 2. The van der Waals surface area contributed by atoms with E-state index in [-0.39, 0.29) is 11.7 Å². The van der Waals surface area contributed by atoms with Gasteiger partial charge in [0.25, 0.3) is 0 Å². The third kappa shape index (κ3) is 2.20. The van der Waals surface area contributed by atoms with Gasteiger partial charge in [0.1, 0.15) is 5.82 Å². The molecule has 114 valence electrons. The van der Waals surface area contributed by atoms with Crippen LogP contribution in [0.15, 0.2) is 30.5 Å². The lowest BCUT2D eigenvalue weighted by Gasteiger charge is -2.18. The van der Waals surface area contributed by atoms with Gasteiger partial charge < -0.3 is 5.11 Å². The van der Waals surface area contributed by atoms with Gasteiger partial charge in [0.2, 0.25) is 0 Å². The molecule has 1 saturated carbocycles. The quantitative estimate of drug-likeness (QED) is 0.906. The van der Waals surface area contributed by atoms with Crippen molar-refractivity contribution in [3.63, 3.8) is 0 Å². The van der Waals surface area contributed by atoms with Crippen LogP contribution in [-0.4, -0.2) is 39.3 Å². The summed E-state index contributed by atoms with van der Waals surface area (Å²) in [4.78, 5) is 13.3. The van der Waals surface area contributed by atoms with Crippen LogP contribution in [0.1, 0.15) is 5.56 Å². The fourth-order valence-electron chi connectivity index (χ4n) is 3.65. The first kappa shape index (κ1) is 13.5. The van der Waals surface area contributed by atoms with Crippen molar-refractivity contribution in [2.75, 3.05) is 13.1 Å². The van der Waals surface area contributed by atoms with Gasteiger partial charge in [-0.3, -0.25) is 14.8 Å². The molecule has 2 aliphatic rings. The van der Waals surface area contributed by atoms with Crippen molar-refractivity contribution < 1.29 is 14.3 Å². The summed E-state index contributed by atoms with van der Waals surface area (Å²) in [5.74, 6) is -0.455. The van der Waals surface area contributed by atoms with E-state index in [9.17, 15) is 9.18 Å². The Labute approximate surface area is 126 Å². The van der Waals surface area contributed by atoms with Crippen LogP contribution in [0.25, 0.3) is 11.3 Å². The molecule has 2 aromatic rings. The summed E-state index contributed by atoms with van der Waals surface area (Å²) in [6.07, 6.45) is 1.79. The molecular formula is C16H16FN3O2. The van der Waals surface area contributed by atoms with Gasteiger partial charge in [0.05, 0.1) is 17.8 Å². The van der Waals surface area contributed by atoms with E-state index in [1.807, 2.05) is 0 Å². The molecule has 2 heterocycles. The average Bonchev–Trinajstić information content (AvgIpc) is 2.85. The highest BCUT2D eigenvalue weighted by molar-refractivity contribution is 5.74. The van der Waals surface area contributed by atoms with E-state index in [4.69, 9.17) is 5.11 Å². The van der Waals surface area contributed by atoms with Crippen molar-refractivity contribution in [1.29, 1.82) is 0 Å². The largest absolute Gasteiger partial charge is 0.481 e. The van der Waals surface area contributed by atoms with E-state index in [0.29, 0.717) is 11.8 Å². The van der Waals surface area contributed by atoms with Crippen molar-refractivity contribution >= 4 is 5.97 Å². The lowest BCUT2D eigenvalue weighted by Crippen LogP contribution is -2.25.